The lowest BCUT2D eigenvalue weighted by Crippen LogP contribution is -2.44. The zero-order valence-corrected chi connectivity index (χ0v) is 11.9. The molecule has 2 heterocycles. The number of rotatable bonds is 5. The van der Waals surface area contributed by atoms with Crippen molar-refractivity contribution in [3.8, 4) is 5.75 Å². The van der Waals surface area contributed by atoms with E-state index in [-0.39, 0.29) is 30.4 Å². The average Bonchev–Trinajstić information content (AvgIpc) is 2.78. The second-order valence-electron chi connectivity index (χ2n) is 4.28. The minimum Gasteiger partial charge on any atom is -0.490 e. The molecule has 0 aromatic carbocycles. The number of nitrogens with zero attached hydrogens (tertiary/aromatic N) is 1. The Morgan fingerprint density at radius 1 is 1.50 bits per heavy atom. The van der Waals surface area contributed by atoms with Crippen LogP contribution in [0.3, 0.4) is 0 Å². The first-order chi connectivity index (χ1) is 7.85. The summed E-state index contributed by atoms with van der Waals surface area (Å²) in [5.41, 5.74) is 0.0809. The highest BCUT2D eigenvalue weighted by Crippen LogP contribution is 2.24. The number of hydrogen-bond donors (Lipinski definition) is 1. The van der Waals surface area contributed by atoms with Crippen molar-refractivity contribution in [3.05, 3.63) is 37.2 Å². The van der Waals surface area contributed by atoms with Gasteiger partial charge in [-0.15, -0.1) is 31.4 Å². The van der Waals surface area contributed by atoms with Crippen LogP contribution in [0.1, 0.15) is 19.3 Å². The summed E-state index contributed by atoms with van der Waals surface area (Å²) >= 11 is 0. The molecule has 1 aliphatic rings. The maximum Gasteiger partial charge on any atom is 0.137 e. The monoisotopic (exact) mass is 290 g/mol. The summed E-state index contributed by atoms with van der Waals surface area (Å²) in [5, 5.41) is 3.52. The van der Waals surface area contributed by atoms with Gasteiger partial charge in [-0.25, -0.2) is 0 Å². The second kappa shape index (κ2) is 8.35. The molecule has 18 heavy (non-hydrogen) atoms. The molecule has 1 saturated heterocycles. The SMILES string of the molecule is C=CC[C@]1(COc2cccnc2)CCCN1.Cl.Cl. The van der Waals surface area contributed by atoms with Crippen molar-refractivity contribution >= 4 is 24.8 Å². The van der Waals surface area contributed by atoms with Gasteiger partial charge in [0.15, 0.2) is 0 Å². The average molecular weight is 291 g/mol. The largest absolute Gasteiger partial charge is 0.490 e. The van der Waals surface area contributed by atoms with Gasteiger partial charge in [0.25, 0.3) is 0 Å². The van der Waals surface area contributed by atoms with E-state index in [1.807, 2.05) is 18.2 Å². The Morgan fingerprint density at radius 2 is 2.33 bits per heavy atom. The first-order valence-corrected chi connectivity index (χ1v) is 5.73. The van der Waals surface area contributed by atoms with Crippen LogP contribution in [0.4, 0.5) is 0 Å². The van der Waals surface area contributed by atoms with E-state index in [1.165, 1.54) is 6.42 Å². The fourth-order valence-corrected chi connectivity index (χ4v) is 2.16. The summed E-state index contributed by atoms with van der Waals surface area (Å²) in [6, 6.07) is 3.82. The third kappa shape index (κ3) is 4.48. The maximum absolute atomic E-state index is 5.77. The summed E-state index contributed by atoms with van der Waals surface area (Å²) < 4.78 is 5.77. The molecule has 1 aromatic heterocycles. The van der Waals surface area contributed by atoms with Gasteiger partial charge in [0.1, 0.15) is 12.4 Å². The minimum atomic E-state index is 0. The van der Waals surface area contributed by atoms with Gasteiger partial charge in [-0.2, -0.15) is 0 Å². The first kappa shape index (κ1) is 17.2. The maximum atomic E-state index is 5.77. The van der Waals surface area contributed by atoms with Crippen LogP contribution in [0.2, 0.25) is 0 Å². The van der Waals surface area contributed by atoms with E-state index in [0.717, 1.165) is 25.1 Å². The van der Waals surface area contributed by atoms with Crippen molar-refractivity contribution in [1.29, 1.82) is 0 Å². The third-order valence-corrected chi connectivity index (χ3v) is 3.02. The normalized spacial score (nSPS) is 21.6. The molecule has 1 fully saturated rings. The lowest BCUT2D eigenvalue weighted by molar-refractivity contribution is 0.199. The van der Waals surface area contributed by atoms with Crippen LogP contribution in [-0.4, -0.2) is 23.7 Å². The molecule has 0 unspecified atom stereocenters. The number of aromatic nitrogens is 1. The van der Waals surface area contributed by atoms with E-state index in [4.69, 9.17) is 4.74 Å². The predicted molar refractivity (Wildman–Crippen MR) is 79.0 cm³/mol. The van der Waals surface area contributed by atoms with Gasteiger partial charge in [0.2, 0.25) is 0 Å². The molecular formula is C13H20Cl2N2O. The van der Waals surface area contributed by atoms with Gasteiger partial charge in [-0.05, 0) is 37.9 Å². The highest BCUT2D eigenvalue weighted by Gasteiger charge is 2.32. The highest BCUT2D eigenvalue weighted by molar-refractivity contribution is 5.85. The summed E-state index contributed by atoms with van der Waals surface area (Å²) in [6.45, 7) is 5.58. The van der Waals surface area contributed by atoms with E-state index in [0.29, 0.717) is 6.61 Å². The second-order valence-corrected chi connectivity index (χ2v) is 4.28. The third-order valence-electron chi connectivity index (χ3n) is 3.02. The molecule has 0 amide bonds. The Morgan fingerprint density at radius 3 is 2.89 bits per heavy atom. The molecule has 102 valence electrons. The Kier molecular flexibility index (Phi) is 8.00. The number of ether oxygens (including phenoxy) is 1. The van der Waals surface area contributed by atoms with Gasteiger partial charge in [0.05, 0.1) is 11.7 Å². The molecule has 5 heteroatoms. The van der Waals surface area contributed by atoms with Gasteiger partial charge < -0.3 is 10.1 Å². The van der Waals surface area contributed by atoms with Gasteiger partial charge in [-0.1, -0.05) is 6.08 Å². The molecular weight excluding hydrogens is 271 g/mol. The van der Waals surface area contributed by atoms with E-state index >= 15 is 0 Å². The Balaban J connectivity index is 0.00000144. The number of nitrogens with one attached hydrogen (secondary N) is 1. The van der Waals surface area contributed by atoms with Crippen molar-refractivity contribution in [2.45, 2.75) is 24.8 Å². The molecule has 0 bridgehead atoms. The lowest BCUT2D eigenvalue weighted by atomic mass is 9.94. The lowest BCUT2D eigenvalue weighted by Gasteiger charge is -2.28. The number of hydrogen-bond acceptors (Lipinski definition) is 3. The van der Waals surface area contributed by atoms with Crippen LogP contribution in [0.15, 0.2) is 37.2 Å². The van der Waals surface area contributed by atoms with Gasteiger partial charge in [0, 0.05) is 6.20 Å². The Labute approximate surface area is 121 Å². The van der Waals surface area contributed by atoms with Crippen molar-refractivity contribution in [1.82, 2.24) is 10.3 Å². The van der Waals surface area contributed by atoms with Crippen molar-refractivity contribution < 1.29 is 4.74 Å². The smallest absolute Gasteiger partial charge is 0.137 e. The molecule has 0 radical (unpaired) electrons. The van der Waals surface area contributed by atoms with E-state index in [9.17, 15) is 0 Å². The van der Waals surface area contributed by atoms with Gasteiger partial charge >= 0.3 is 0 Å². The van der Waals surface area contributed by atoms with E-state index in [1.54, 1.807) is 12.4 Å². The minimum absolute atomic E-state index is 0. The molecule has 0 saturated carbocycles. The zero-order chi connectivity index (χ0) is 11.3. The highest BCUT2D eigenvalue weighted by atomic mass is 35.5. The number of pyridine rings is 1. The van der Waals surface area contributed by atoms with Gasteiger partial charge in [-0.3, -0.25) is 4.98 Å². The fourth-order valence-electron chi connectivity index (χ4n) is 2.16. The quantitative estimate of drug-likeness (QED) is 0.847. The molecule has 1 aliphatic heterocycles. The van der Waals surface area contributed by atoms with Crippen LogP contribution >= 0.6 is 24.8 Å². The van der Waals surface area contributed by atoms with E-state index in [2.05, 4.69) is 16.9 Å². The standard InChI is InChI=1S/C13H18N2O.2ClH/c1-2-6-13(7-4-9-15-13)11-16-12-5-3-8-14-10-12;;/h2-3,5,8,10,15H,1,4,6-7,9,11H2;2*1H/t13-;;/m1../s1. The summed E-state index contributed by atoms with van der Waals surface area (Å²) in [6.07, 6.45) is 8.78. The molecule has 0 aliphatic carbocycles. The molecule has 3 nitrogen and oxygen atoms in total. The number of halogens is 2. The van der Waals surface area contributed by atoms with Crippen LogP contribution in [0, 0.1) is 0 Å². The Hall–Kier alpha value is -0.770. The zero-order valence-electron chi connectivity index (χ0n) is 10.3. The summed E-state index contributed by atoms with van der Waals surface area (Å²) in [5.74, 6) is 0.833. The van der Waals surface area contributed by atoms with Crippen LogP contribution in [0.5, 0.6) is 5.75 Å². The van der Waals surface area contributed by atoms with E-state index < -0.39 is 0 Å². The predicted octanol–water partition coefficient (Wildman–Crippen LogP) is 3.00. The van der Waals surface area contributed by atoms with Crippen molar-refractivity contribution in [3.63, 3.8) is 0 Å². The molecule has 2 rings (SSSR count). The fraction of sp³-hybridized carbons (Fsp3) is 0.462. The molecule has 1 aromatic rings. The van der Waals surface area contributed by atoms with Crippen LogP contribution in [-0.2, 0) is 0 Å². The summed E-state index contributed by atoms with van der Waals surface area (Å²) in [4.78, 5) is 4.03. The van der Waals surface area contributed by atoms with Crippen molar-refractivity contribution in [2.75, 3.05) is 13.2 Å². The molecule has 1 atom stereocenters. The van der Waals surface area contributed by atoms with Crippen molar-refractivity contribution in [2.24, 2.45) is 0 Å². The molecule has 1 N–H and O–H groups in total. The summed E-state index contributed by atoms with van der Waals surface area (Å²) in [7, 11) is 0. The van der Waals surface area contributed by atoms with Crippen LogP contribution < -0.4 is 10.1 Å². The molecule has 0 spiro atoms. The Bertz CT molecular complexity index is 340. The van der Waals surface area contributed by atoms with Crippen LogP contribution in [0.25, 0.3) is 0 Å². The topological polar surface area (TPSA) is 34.1 Å². The first-order valence-electron chi connectivity index (χ1n) is 5.73.